The third-order valence-corrected chi connectivity index (χ3v) is 5.27. The average molecular weight is 309 g/mol. The van der Waals surface area contributed by atoms with Crippen molar-refractivity contribution in [2.75, 3.05) is 19.0 Å². The molecule has 1 saturated heterocycles. The molecule has 4 nitrogen and oxygen atoms in total. The van der Waals surface area contributed by atoms with Crippen LogP contribution in [0.1, 0.15) is 4.88 Å². The van der Waals surface area contributed by atoms with Crippen LogP contribution in [-0.2, 0) is 4.79 Å². The Balaban J connectivity index is 1.94. The van der Waals surface area contributed by atoms with Gasteiger partial charge in [0.05, 0.1) is 5.00 Å². The van der Waals surface area contributed by atoms with Gasteiger partial charge in [0.15, 0.2) is 5.11 Å². The summed E-state index contributed by atoms with van der Waals surface area (Å²) >= 11 is 8.31. The number of nitrogens with zero attached hydrogens (tertiary/aromatic N) is 1. The Bertz CT molecular complexity index is 679. The molecular weight excluding hydrogens is 298 g/mol. The lowest BCUT2D eigenvalue weighted by atomic mass is 10.3. The van der Waals surface area contributed by atoms with Crippen LogP contribution in [0.4, 0.5) is 5.00 Å². The number of hydrogen-bond acceptors (Lipinski definition) is 5. The van der Waals surface area contributed by atoms with E-state index in [9.17, 15) is 4.79 Å². The summed E-state index contributed by atoms with van der Waals surface area (Å²) in [5, 5.41) is 7.00. The molecule has 0 spiro atoms. The van der Waals surface area contributed by atoms with Crippen molar-refractivity contribution < 1.29 is 4.79 Å². The minimum atomic E-state index is -0.171. The zero-order chi connectivity index (χ0) is 13.6. The van der Waals surface area contributed by atoms with Crippen molar-refractivity contribution in [3.8, 4) is 0 Å². The van der Waals surface area contributed by atoms with Gasteiger partial charge in [-0.1, -0.05) is 0 Å². The number of thiocarbonyl (C=S) groups is 1. The van der Waals surface area contributed by atoms with Crippen LogP contribution < -0.4 is 15.5 Å². The fourth-order valence-electron chi connectivity index (χ4n) is 1.76. The van der Waals surface area contributed by atoms with Gasteiger partial charge in [-0.15, -0.1) is 22.7 Å². The van der Waals surface area contributed by atoms with Gasteiger partial charge in [-0.25, -0.2) is 0 Å². The number of amides is 1. The fourth-order valence-corrected chi connectivity index (χ4v) is 4.23. The molecule has 1 fully saturated rings. The summed E-state index contributed by atoms with van der Waals surface area (Å²) < 4.78 is 2.48. The molecule has 1 amide bonds. The van der Waals surface area contributed by atoms with Gasteiger partial charge in [0.2, 0.25) is 0 Å². The number of anilines is 1. The SMILES string of the molecule is CN(C)c1cc2sc(/C=C3\NC(=S)NC3=O)cc2s1. The first-order chi connectivity index (χ1) is 9.02. The van der Waals surface area contributed by atoms with Crippen LogP contribution in [0.25, 0.3) is 15.5 Å². The molecule has 2 aromatic heterocycles. The number of nitrogens with one attached hydrogen (secondary N) is 2. The lowest BCUT2D eigenvalue weighted by Crippen LogP contribution is -2.21. The minimum Gasteiger partial charge on any atom is -0.370 e. The van der Waals surface area contributed by atoms with Crippen molar-refractivity contribution >= 4 is 66.4 Å². The molecular formula is C12H11N3OS3. The van der Waals surface area contributed by atoms with Gasteiger partial charge >= 0.3 is 0 Å². The molecule has 2 aromatic rings. The maximum atomic E-state index is 11.6. The monoisotopic (exact) mass is 309 g/mol. The molecule has 98 valence electrons. The number of carbonyl (C=O) groups is 1. The second-order valence-corrected chi connectivity index (χ2v) is 6.91. The Morgan fingerprint density at radius 3 is 2.53 bits per heavy atom. The molecule has 2 N–H and O–H groups in total. The molecule has 0 unspecified atom stereocenters. The number of rotatable bonds is 2. The highest BCUT2D eigenvalue weighted by Crippen LogP contribution is 2.37. The van der Waals surface area contributed by atoms with Crippen LogP contribution in [0, 0.1) is 0 Å². The first-order valence-corrected chi connectivity index (χ1v) is 7.62. The van der Waals surface area contributed by atoms with E-state index in [0.717, 1.165) is 4.88 Å². The van der Waals surface area contributed by atoms with Crippen molar-refractivity contribution in [3.05, 3.63) is 22.7 Å². The predicted molar refractivity (Wildman–Crippen MR) is 85.9 cm³/mol. The summed E-state index contributed by atoms with van der Waals surface area (Å²) in [6.45, 7) is 0. The normalized spacial score (nSPS) is 17.1. The van der Waals surface area contributed by atoms with E-state index in [2.05, 4.69) is 27.7 Å². The lowest BCUT2D eigenvalue weighted by molar-refractivity contribution is -0.115. The lowest BCUT2D eigenvalue weighted by Gasteiger charge is -2.06. The molecule has 7 heteroatoms. The van der Waals surface area contributed by atoms with E-state index in [-0.39, 0.29) is 5.91 Å². The van der Waals surface area contributed by atoms with Crippen molar-refractivity contribution in [1.29, 1.82) is 0 Å². The van der Waals surface area contributed by atoms with Crippen LogP contribution in [0.2, 0.25) is 0 Å². The van der Waals surface area contributed by atoms with E-state index >= 15 is 0 Å². The van der Waals surface area contributed by atoms with Crippen molar-refractivity contribution in [2.24, 2.45) is 0 Å². The molecule has 1 aliphatic rings. The highest BCUT2D eigenvalue weighted by molar-refractivity contribution is 7.80. The maximum absolute atomic E-state index is 11.6. The predicted octanol–water partition coefficient (Wildman–Crippen LogP) is 2.37. The molecule has 19 heavy (non-hydrogen) atoms. The van der Waals surface area contributed by atoms with Crippen LogP contribution in [0.5, 0.6) is 0 Å². The molecule has 0 atom stereocenters. The standard InChI is InChI=1S/C12H11N3OS3/c1-15(2)10-5-9-8(19-10)4-6(18-9)3-7-11(16)14-12(17)13-7/h3-5H,1-2H3,(H2,13,14,16,17)/b7-3-. The van der Waals surface area contributed by atoms with Crippen molar-refractivity contribution in [2.45, 2.75) is 0 Å². The second kappa shape index (κ2) is 4.59. The van der Waals surface area contributed by atoms with Gasteiger partial charge in [-0.05, 0) is 30.4 Å². The highest BCUT2D eigenvalue weighted by Gasteiger charge is 2.20. The first-order valence-electron chi connectivity index (χ1n) is 5.57. The van der Waals surface area contributed by atoms with Crippen LogP contribution in [-0.4, -0.2) is 25.1 Å². The van der Waals surface area contributed by atoms with Crippen molar-refractivity contribution in [1.82, 2.24) is 10.6 Å². The Morgan fingerprint density at radius 1 is 1.21 bits per heavy atom. The van der Waals surface area contributed by atoms with E-state index in [1.807, 2.05) is 20.2 Å². The van der Waals surface area contributed by atoms with Crippen LogP contribution in [0.15, 0.2) is 17.8 Å². The smallest absolute Gasteiger partial charge is 0.273 e. The van der Waals surface area contributed by atoms with Gasteiger partial charge in [-0.3, -0.25) is 10.1 Å². The van der Waals surface area contributed by atoms with Gasteiger partial charge in [0.25, 0.3) is 5.91 Å². The zero-order valence-corrected chi connectivity index (χ0v) is 12.8. The maximum Gasteiger partial charge on any atom is 0.273 e. The third kappa shape index (κ3) is 2.36. The molecule has 3 rings (SSSR count). The molecule has 0 bridgehead atoms. The molecule has 0 aliphatic carbocycles. The number of hydrogen-bond donors (Lipinski definition) is 2. The average Bonchev–Trinajstić information content (AvgIpc) is 2.92. The molecule has 0 radical (unpaired) electrons. The summed E-state index contributed by atoms with van der Waals surface area (Å²) in [5.41, 5.74) is 0.506. The Hall–Kier alpha value is -1.44. The van der Waals surface area contributed by atoms with E-state index in [1.165, 1.54) is 14.4 Å². The Labute approximate surface area is 123 Å². The molecule has 0 saturated carbocycles. The van der Waals surface area contributed by atoms with Gasteiger partial charge in [0, 0.05) is 28.4 Å². The largest absolute Gasteiger partial charge is 0.370 e. The number of carbonyl (C=O) groups excluding carboxylic acids is 1. The second-order valence-electron chi connectivity index (χ2n) is 4.32. The van der Waals surface area contributed by atoms with E-state index in [0.29, 0.717) is 10.8 Å². The summed E-state index contributed by atoms with van der Waals surface area (Å²) in [6.07, 6.45) is 1.83. The van der Waals surface area contributed by atoms with E-state index < -0.39 is 0 Å². The van der Waals surface area contributed by atoms with Crippen LogP contribution in [0.3, 0.4) is 0 Å². The minimum absolute atomic E-state index is 0.171. The topological polar surface area (TPSA) is 44.4 Å². The Kier molecular flexibility index (Phi) is 3.04. The van der Waals surface area contributed by atoms with Gasteiger partial charge < -0.3 is 10.2 Å². The first kappa shape index (κ1) is 12.6. The summed E-state index contributed by atoms with van der Waals surface area (Å²) in [7, 11) is 4.07. The fraction of sp³-hybridized carbons (Fsp3) is 0.167. The zero-order valence-electron chi connectivity index (χ0n) is 10.3. The van der Waals surface area contributed by atoms with Crippen LogP contribution >= 0.6 is 34.9 Å². The highest BCUT2D eigenvalue weighted by atomic mass is 32.1. The van der Waals surface area contributed by atoms with Gasteiger partial charge in [0.1, 0.15) is 5.70 Å². The Morgan fingerprint density at radius 2 is 1.95 bits per heavy atom. The molecule has 1 aliphatic heterocycles. The molecule has 0 aromatic carbocycles. The molecule has 3 heterocycles. The van der Waals surface area contributed by atoms with E-state index in [1.54, 1.807) is 22.7 Å². The summed E-state index contributed by atoms with van der Waals surface area (Å²) in [5.74, 6) is -0.171. The third-order valence-electron chi connectivity index (χ3n) is 2.66. The van der Waals surface area contributed by atoms with Crippen molar-refractivity contribution in [3.63, 3.8) is 0 Å². The van der Waals surface area contributed by atoms with Gasteiger partial charge in [-0.2, -0.15) is 0 Å². The quantitative estimate of drug-likeness (QED) is 0.660. The number of fused-ring (bicyclic) bond motifs is 1. The summed E-state index contributed by atoms with van der Waals surface area (Å²) in [6, 6.07) is 4.26. The van der Waals surface area contributed by atoms with E-state index in [4.69, 9.17) is 12.2 Å². The summed E-state index contributed by atoms with van der Waals surface area (Å²) in [4.78, 5) is 14.7. The number of thiophene rings is 2.